The predicted molar refractivity (Wildman–Crippen MR) is 82.0 cm³/mol. The molecule has 4 nitrogen and oxygen atoms in total. The normalized spacial score (nSPS) is 12.5. The van der Waals surface area contributed by atoms with Gasteiger partial charge in [-0.1, -0.05) is 6.07 Å². The summed E-state index contributed by atoms with van der Waals surface area (Å²) in [5.41, 5.74) is 0.989. The molecule has 1 N–H and O–H groups in total. The van der Waals surface area contributed by atoms with Crippen LogP contribution in [0.15, 0.2) is 18.2 Å². The van der Waals surface area contributed by atoms with Gasteiger partial charge in [-0.25, -0.2) is 0 Å². The maximum atomic E-state index is 8.91. The van der Waals surface area contributed by atoms with Crippen molar-refractivity contribution < 1.29 is 14.6 Å². The van der Waals surface area contributed by atoms with Crippen LogP contribution >= 0.6 is 11.6 Å². The van der Waals surface area contributed by atoms with Gasteiger partial charge >= 0.3 is 0 Å². The number of hydrogen-bond donors (Lipinski definition) is 1. The molecular formula is C15H24ClNO3. The third kappa shape index (κ3) is 5.19. The first-order valence-corrected chi connectivity index (χ1v) is 7.39. The van der Waals surface area contributed by atoms with Crippen molar-refractivity contribution in [3.8, 4) is 11.5 Å². The fourth-order valence-corrected chi connectivity index (χ4v) is 2.27. The van der Waals surface area contributed by atoms with Crippen molar-refractivity contribution in [3.63, 3.8) is 0 Å². The Morgan fingerprint density at radius 2 is 1.85 bits per heavy atom. The van der Waals surface area contributed by atoms with Gasteiger partial charge in [-0.15, -0.1) is 11.6 Å². The average molecular weight is 302 g/mol. The van der Waals surface area contributed by atoms with E-state index < -0.39 is 0 Å². The van der Waals surface area contributed by atoms with Crippen molar-refractivity contribution in [1.82, 2.24) is 4.90 Å². The van der Waals surface area contributed by atoms with Crippen LogP contribution in [-0.2, 0) is 0 Å². The van der Waals surface area contributed by atoms with Gasteiger partial charge in [-0.05, 0) is 38.6 Å². The van der Waals surface area contributed by atoms with E-state index in [9.17, 15) is 0 Å². The van der Waals surface area contributed by atoms with E-state index in [0.29, 0.717) is 26.3 Å². The number of hydrogen-bond acceptors (Lipinski definition) is 4. The van der Waals surface area contributed by atoms with Crippen LogP contribution in [0.2, 0.25) is 0 Å². The molecule has 0 heterocycles. The standard InChI is InChI=1S/C15H24ClNO3/c1-4-19-14-7-6-12(10-15(14)20-5-2)13(16)11-17(3)8-9-18/h6-7,10,13,18H,4-5,8-9,11H2,1-3H3. The van der Waals surface area contributed by atoms with E-state index in [2.05, 4.69) is 0 Å². The summed E-state index contributed by atoms with van der Waals surface area (Å²) in [5.74, 6) is 1.47. The highest BCUT2D eigenvalue weighted by molar-refractivity contribution is 6.21. The van der Waals surface area contributed by atoms with E-state index in [1.807, 2.05) is 44.0 Å². The number of ether oxygens (including phenoxy) is 2. The summed E-state index contributed by atoms with van der Waals surface area (Å²) in [6.45, 7) is 6.48. The molecular weight excluding hydrogens is 278 g/mol. The number of aliphatic hydroxyl groups excluding tert-OH is 1. The molecule has 20 heavy (non-hydrogen) atoms. The Balaban J connectivity index is 2.81. The molecule has 0 saturated carbocycles. The van der Waals surface area contributed by atoms with Crippen LogP contribution in [0, 0.1) is 0 Å². The van der Waals surface area contributed by atoms with E-state index in [4.69, 9.17) is 26.2 Å². The van der Waals surface area contributed by atoms with Crippen LogP contribution in [0.1, 0.15) is 24.8 Å². The van der Waals surface area contributed by atoms with Crippen molar-refractivity contribution in [2.45, 2.75) is 19.2 Å². The van der Waals surface area contributed by atoms with Crippen LogP contribution in [0.4, 0.5) is 0 Å². The Labute approximate surface area is 126 Å². The maximum absolute atomic E-state index is 8.91. The van der Waals surface area contributed by atoms with E-state index in [1.165, 1.54) is 0 Å². The zero-order valence-corrected chi connectivity index (χ0v) is 13.2. The van der Waals surface area contributed by atoms with Crippen molar-refractivity contribution >= 4 is 11.6 Å². The molecule has 0 bridgehead atoms. The first-order valence-electron chi connectivity index (χ1n) is 6.95. The highest BCUT2D eigenvalue weighted by atomic mass is 35.5. The van der Waals surface area contributed by atoms with Gasteiger partial charge in [0.15, 0.2) is 11.5 Å². The molecule has 0 fully saturated rings. The van der Waals surface area contributed by atoms with Crippen molar-refractivity contribution in [2.75, 3.05) is 40.0 Å². The van der Waals surface area contributed by atoms with Gasteiger partial charge in [0.1, 0.15) is 0 Å². The van der Waals surface area contributed by atoms with Gasteiger partial charge in [-0.3, -0.25) is 0 Å². The topological polar surface area (TPSA) is 41.9 Å². The maximum Gasteiger partial charge on any atom is 0.161 e. The number of benzene rings is 1. The summed E-state index contributed by atoms with van der Waals surface area (Å²) in [4.78, 5) is 1.99. The van der Waals surface area contributed by atoms with Gasteiger partial charge in [-0.2, -0.15) is 0 Å². The fourth-order valence-electron chi connectivity index (χ4n) is 1.90. The highest BCUT2D eigenvalue weighted by Gasteiger charge is 2.14. The Kier molecular flexibility index (Phi) is 7.73. The quantitative estimate of drug-likeness (QED) is 0.712. The second-order valence-corrected chi connectivity index (χ2v) is 5.05. The summed E-state index contributed by atoms with van der Waals surface area (Å²) in [6.07, 6.45) is 0. The van der Waals surface area contributed by atoms with Crippen molar-refractivity contribution in [2.24, 2.45) is 0 Å². The molecule has 0 saturated heterocycles. The molecule has 1 rings (SSSR count). The van der Waals surface area contributed by atoms with Gasteiger partial charge in [0.05, 0.1) is 25.2 Å². The van der Waals surface area contributed by atoms with Gasteiger partial charge < -0.3 is 19.5 Å². The lowest BCUT2D eigenvalue weighted by Gasteiger charge is -2.20. The van der Waals surface area contributed by atoms with E-state index in [0.717, 1.165) is 17.1 Å². The lowest BCUT2D eigenvalue weighted by Crippen LogP contribution is -2.25. The predicted octanol–water partition coefficient (Wildman–Crippen LogP) is 2.69. The molecule has 1 atom stereocenters. The summed E-state index contributed by atoms with van der Waals surface area (Å²) in [6, 6.07) is 5.78. The third-order valence-corrected chi connectivity index (χ3v) is 3.27. The van der Waals surface area contributed by atoms with Gasteiger partial charge in [0, 0.05) is 13.1 Å². The van der Waals surface area contributed by atoms with Gasteiger partial charge in [0.25, 0.3) is 0 Å². The number of rotatable bonds is 9. The summed E-state index contributed by atoms with van der Waals surface area (Å²) >= 11 is 6.42. The molecule has 0 spiro atoms. The second kappa shape index (κ2) is 9.06. The third-order valence-electron chi connectivity index (χ3n) is 2.88. The van der Waals surface area contributed by atoms with E-state index in [-0.39, 0.29) is 12.0 Å². The number of aliphatic hydroxyl groups is 1. The monoisotopic (exact) mass is 301 g/mol. The van der Waals surface area contributed by atoms with Crippen LogP contribution in [0.3, 0.4) is 0 Å². The Bertz CT molecular complexity index is 401. The smallest absolute Gasteiger partial charge is 0.161 e. The number of nitrogens with zero attached hydrogens (tertiary/aromatic N) is 1. The Morgan fingerprint density at radius 3 is 2.45 bits per heavy atom. The summed E-state index contributed by atoms with van der Waals surface area (Å²) < 4.78 is 11.1. The molecule has 0 amide bonds. The molecule has 5 heteroatoms. The molecule has 114 valence electrons. The number of likely N-dealkylation sites (N-methyl/N-ethyl adjacent to an activating group) is 1. The minimum atomic E-state index is -0.151. The first-order chi connectivity index (χ1) is 9.62. The Morgan fingerprint density at radius 1 is 1.20 bits per heavy atom. The highest BCUT2D eigenvalue weighted by Crippen LogP contribution is 2.32. The molecule has 1 aromatic rings. The molecule has 0 aliphatic carbocycles. The lowest BCUT2D eigenvalue weighted by molar-refractivity contribution is 0.221. The minimum Gasteiger partial charge on any atom is -0.490 e. The number of halogens is 1. The van der Waals surface area contributed by atoms with Crippen LogP contribution in [-0.4, -0.2) is 50.0 Å². The van der Waals surface area contributed by atoms with Crippen molar-refractivity contribution in [1.29, 1.82) is 0 Å². The minimum absolute atomic E-state index is 0.133. The Hall–Kier alpha value is -0.970. The summed E-state index contributed by atoms with van der Waals surface area (Å²) in [7, 11) is 1.93. The zero-order chi connectivity index (χ0) is 15.0. The second-order valence-electron chi connectivity index (χ2n) is 4.53. The molecule has 1 aromatic carbocycles. The molecule has 0 aromatic heterocycles. The molecule has 0 aliphatic rings. The lowest BCUT2D eigenvalue weighted by atomic mass is 10.1. The number of alkyl halides is 1. The van der Waals surface area contributed by atoms with Crippen molar-refractivity contribution in [3.05, 3.63) is 23.8 Å². The van der Waals surface area contributed by atoms with E-state index >= 15 is 0 Å². The van der Waals surface area contributed by atoms with Crippen LogP contribution in [0.5, 0.6) is 11.5 Å². The largest absolute Gasteiger partial charge is 0.490 e. The van der Waals surface area contributed by atoms with Crippen LogP contribution < -0.4 is 9.47 Å². The molecule has 1 unspecified atom stereocenters. The van der Waals surface area contributed by atoms with E-state index in [1.54, 1.807) is 0 Å². The first kappa shape index (κ1) is 17.1. The van der Waals surface area contributed by atoms with Gasteiger partial charge in [0.2, 0.25) is 0 Å². The molecule has 0 radical (unpaired) electrons. The average Bonchev–Trinajstić information content (AvgIpc) is 2.41. The fraction of sp³-hybridized carbons (Fsp3) is 0.600. The SMILES string of the molecule is CCOc1ccc(C(Cl)CN(C)CCO)cc1OCC. The summed E-state index contributed by atoms with van der Waals surface area (Å²) in [5, 5.41) is 8.76. The van der Waals surface area contributed by atoms with Crippen LogP contribution in [0.25, 0.3) is 0 Å². The zero-order valence-electron chi connectivity index (χ0n) is 12.4. The molecule has 0 aliphatic heterocycles.